The first kappa shape index (κ1) is 32.6. The van der Waals surface area contributed by atoms with Crippen molar-refractivity contribution in [3.8, 4) is 0 Å². The molecular weight excluding hydrogens is 438 g/mol. The van der Waals surface area contributed by atoms with Crippen molar-refractivity contribution in [3.05, 3.63) is 0 Å². The van der Waals surface area contributed by atoms with Crippen LogP contribution in [0.25, 0.3) is 0 Å². The maximum atomic E-state index is 5.44. The lowest BCUT2D eigenvalue weighted by atomic mass is 10.6. The van der Waals surface area contributed by atoms with Gasteiger partial charge in [-0.3, -0.25) is 0 Å². The van der Waals surface area contributed by atoms with E-state index in [9.17, 15) is 0 Å². The molecule has 0 aromatic carbocycles. The molecule has 0 saturated heterocycles. The van der Waals surface area contributed by atoms with E-state index in [1.54, 1.807) is 7.11 Å². The summed E-state index contributed by atoms with van der Waals surface area (Å²) < 4.78 is 53.4. The number of ether oxygens (including phenoxy) is 10. The highest BCUT2D eigenvalue weighted by atomic mass is 16.6. The highest BCUT2D eigenvalue weighted by molar-refractivity contribution is 4.39. The van der Waals surface area contributed by atoms with Crippen LogP contribution in [0, 0.1) is 0 Å². The van der Waals surface area contributed by atoms with Crippen LogP contribution in [0.1, 0.15) is 0 Å². The zero-order valence-corrected chi connectivity index (χ0v) is 20.7. The van der Waals surface area contributed by atoms with Crippen LogP contribution < -0.4 is 5.32 Å². The van der Waals surface area contributed by atoms with Gasteiger partial charge in [0.1, 0.15) is 0 Å². The molecule has 0 atom stereocenters. The molecule has 1 N–H and O–H groups in total. The van der Waals surface area contributed by atoms with Gasteiger partial charge < -0.3 is 52.7 Å². The van der Waals surface area contributed by atoms with Crippen LogP contribution in [0.5, 0.6) is 0 Å². The molecule has 0 aliphatic carbocycles. The van der Waals surface area contributed by atoms with Crippen LogP contribution in [-0.4, -0.2) is 146 Å². The summed E-state index contributed by atoms with van der Waals surface area (Å²) in [4.78, 5) is 0. The van der Waals surface area contributed by atoms with Gasteiger partial charge >= 0.3 is 0 Å². The van der Waals surface area contributed by atoms with Crippen molar-refractivity contribution in [2.24, 2.45) is 0 Å². The number of hydrogen-bond acceptors (Lipinski definition) is 11. The van der Waals surface area contributed by atoms with E-state index >= 15 is 0 Å². The molecule has 0 unspecified atom stereocenters. The van der Waals surface area contributed by atoms with Crippen LogP contribution >= 0.6 is 0 Å². The van der Waals surface area contributed by atoms with Crippen molar-refractivity contribution >= 4 is 0 Å². The fraction of sp³-hybridized carbons (Fsp3) is 1.00. The van der Waals surface area contributed by atoms with E-state index in [-0.39, 0.29) is 0 Å². The highest BCUT2D eigenvalue weighted by Gasteiger charge is 1.95. The fourth-order valence-corrected chi connectivity index (χ4v) is 2.18. The summed E-state index contributed by atoms with van der Waals surface area (Å²) in [6.07, 6.45) is 0. The second kappa shape index (κ2) is 31.6. The van der Waals surface area contributed by atoms with Crippen molar-refractivity contribution in [1.29, 1.82) is 0 Å². The molecule has 0 amide bonds. The Hall–Kier alpha value is -0.440. The Bertz CT molecular complexity index is 312. The molecule has 0 saturated carbocycles. The minimum absolute atomic E-state index is 0.530. The van der Waals surface area contributed by atoms with Crippen LogP contribution in [0.2, 0.25) is 0 Å². The van der Waals surface area contributed by atoms with Gasteiger partial charge in [0, 0.05) is 13.7 Å². The third kappa shape index (κ3) is 31.6. The first-order valence-electron chi connectivity index (χ1n) is 11.7. The van der Waals surface area contributed by atoms with Gasteiger partial charge in [0.25, 0.3) is 0 Å². The molecule has 0 fully saturated rings. The largest absolute Gasteiger partial charge is 0.382 e. The molecule has 0 radical (unpaired) electrons. The van der Waals surface area contributed by atoms with Gasteiger partial charge in [0.05, 0.1) is 126 Å². The summed E-state index contributed by atoms with van der Waals surface area (Å²) in [6.45, 7) is 11.5. The normalized spacial score (nSPS) is 11.5. The van der Waals surface area contributed by atoms with Gasteiger partial charge in [-0.15, -0.1) is 0 Å². The Kier molecular flexibility index (Phi) is 31.1. The van der Waals surface area contributed by atoms with Crippen molar-refractivity contribution in [3.63, 3.8) is 0 Å². The smallest absolute Gasteiger partial charge is 0.0701 e. The third-order valence-electron chi connectivity index (χ3n) is 3.90. The monoisotopic (exact) mass is 485 g/mol. The van der Waals surface area contributed by atoms with Crippen LogP contribution in [0.3, 0.4) is 0 Å². The van der Waals surface area contributed by atoms with E-state index in [0.717, 1.165) is 6.54 Å². The van der Waals surface area contributed by atoms with Crippen LogP contribution in [-0.2, 0) is 47.4 Å². The summed E-state index contributed by atoms with van der Waals surface area (Å²) in [7, 11) is 3.54. The lowest BCUT2D eigenvalue weighted by Crippen LogP contribution is -2.17. The van der Waals surface area contributed by atoms with Gasteiger partial charge in [-0.1, -0.05) is 0 Å². The predicted molar refractivity (Wildman–Crippen MR) is 123 cm³/mol. The summed E-state index contributed by atoms with van der Waals surface area (Å²) in [6, 6.07) is 0. The Labute approximate surface area is 199 Å². The molecule has 0 aliphatic rings. The molecular formula is C22H47NO10. The topological polar surface area (TPSA) is 104 Å². The SMILES string of the molecule is CNCCOCCOCCOCCOCCOCCOCCOCCOCCOCCOC. The Balaban J connectivity index is 2.99. The Morgan fingerprint density at radius 1 is 0.333 bits per heavy atom. The molecule has 0 aliphatic heterocycles. The first-order chi connectivity index (χ1) is 16.4. The molecule has 0 aromatic rings. The van der Waals surface area contributed by atoms with Gasteiger partial charge in [0.15, 0.2) is 0 Å². The van der Waals surface area contributed by atoms with Crippen molar-refractivity contribution in [2.75, 3.05) is 146 Å². The Morgan fingerprint density at radius 3 is 0.758 bits per heavy atom. The standard InChI is InChI=1S/C22H47NO10/c1-23-3-4-25-7-8-27-11-12-29-15-16-31-19-20-33-22-21-32-18-17-30-14-13-28-10-9-26-6-5-24-2/h23H,3-22H2,1-2H3. The molecule has 0 rings (SSSR count). The molecule has 0 aromatic heterocycles. The molecule has 33 heavy (non-hydrogen) atoms. The van der Waals surface area contributed by atoms with E-state index < -0.39 is 0 Å². The van der Waals surface area contributed by atoms with Crippen molar-refractivity contribution in [1.82, 2.24) is 5.32 Å². The maximum Gasteiger partial charge on any atom is 0.0701 e. The van der Waals surface area contributed by atoms with Gasteiger partial charge in [-0.2, -0.15) is 0 Å². The van der Waals surface area contributed by atoms with E-state index in [4.69, 9.17) is 47.4 Å². The van der Waals surface area contributed by atoms with Crippen LogP contribution in [0.15, 0.2) is 0 Å². The van der Waals surface area contributed by atoms with Crippen LogP contribution in [0.4, 0.5) is 0 Å². The van der Waals surface area contributed by atoms with E-state index in [0.29, 0.717) is 126 Å². The van der Waals surface area contributed by atoms with E-state index in [1.807, 2.05) is 7.05 Å². The number of likely N-dealkylation sites (N-methyl/N-ethyl adjacent to an activating group) is 1. The van der Waals surface area contributed by atoms with Gasteiger partial charge in [0.2, 0.25) is 0 Å². The summed E-state index contributed by atoms with van der Waals surface area (Å²) >= 11 is 0. The van der Waals surface area contributed by atoms with Crippen molar-refractivity contribution in [2.45, 2.75) is 0 Å². The predicted octanol–water partition coefficient (Wildman–Crippen LogP) is 0.00160. The first-order valence-corrected chi connectivity index (χ1v) is 11.7. The second-order valence-corrected chi connectivity index (χ2v) is 6.61. The molecule has 0 heterocycles. The minimum atomic E-state index is 0.530. The molecule has 200 valence electrons. The average Bonchev–Trinajstić information content (AvgIpc) is 2.83. The molecule has 11 heteroatoms. The zero-order valence-electron chi connectivity index (χ0n) is 20.7. The van der Waals surface area contributed by atoms with E-state index in [1.165, 1.54) is 0 Å². The van der Waals surface area contributed by atoms with Gasteiger partial charge in [-0.05, 0) is 7.05 Å². The molecule has 11 nitrogen and oxygen atoms in total. The minimum Gasteiger partial charge on any atom is -0.382 e. The summed E-state index contributed by atoms with van der Waals surface area (Å²) in [5.41, 5.74) is 0. The van der Waals surface area contributed by atoms with E-state index in [2.05, 4.69) is 5.32 Å². The molecule has 0 bridgehead atoms. The third-order valence-corrected chi connectivity index (χ3v) is 3.90. The number of hydrogen-bond donors (Lipinski definition) is 1. The quantitative estimate of drug-likeness (QED) is 0.139. The second-order valence-electron chi connectivity index (χ2n) is 6.61. The fourth-order valence-electron chi connectivity index (χ4n) is 2.18. The zero-order chi connectivity index (χ0) is 23.9. The Morgan fingerprint density at radius 2 is 0.545 bits per heavy atom. The number of nitrogens with one attached hydrogen (secondary N) is 1. The lowest BCUT2D eigenvalue weighted by Gasteiger charge is -2.09. The highest BCUT2D eigenvalue weighted by Crippen LogP contribution is 1.86. The van der Waals surface area contributed by atoms with Gasteiger partial charge in [-0.25, -0.2) is 0 Å². The maximum absolute atomic E-state index is 5.44. The molecule has 0 spiro atoms. The van der Waals surface area contributed by atoms with Crippen molar-refractivity contribution < 1.29 is 47.4 Å². The lowest BCUT2D eigenvalue weighted by molar-refractivity contribution is -0.0258. The number of rotatable bonds is 30. The average molecular weight is 486 g/mol. The summed E-state index contributed by atoms with van der Waals surface area (Å²) in [5.74, 6) is 0. The number of methoxy groups -OCH3 is 1. The summed E-state index contributed by atoms with van der Waals surface area (Å²) in [5, 5.41) is 3.02.